The van der Waals surface area contributed by atoms with Gasteiger partial charge in [0.2, 0.25) is 11.8 Å². The van der Waals surface area contributed by atoms with Crippen molar-refractivity contribution < 1.29 is 14.0 Å². The fourth-order valence-electron chi connectivity index (χ4n) is 7.10. The van der Waals surface area contributed by atoms with Gasteiger partial charge in [-0.3, -0.25) is 9.59 Å². The first-order valence-electron chi connectivity index (χ1n) is 10.9. The molecule has 0 spiro atoms. The van der Waals surface area contributed by atoms with E-state index in [0.717, 1.165) is 24.1 Å². The Kier molecular flexibility index (Phi) is 4.11. The number of rotatable bonds is 2. The Bertz CT molecular complexity index is 983. The fraction of sp³-hybridized carbons (Fsp3) is 0.500. The van der Waals surface area contributed by atoms with Crippen molar-refractivity contribution in [2.24, 2.45) is 23.2 Å². The highest BCUT2D eigenvalue weighted by Crippen LogP contribution is 2.61. The summed E-state index contributed by atoms with van der Waals surface area (Å²) in [6, 6.07) is 7.95. The predicted octanol–water partition coefficient (Wildman–Crippen LogP) is 4.97. The highest BCUT2D eigenvalue weighted by Gasteiger charge is 2.56. The van der Waals surface area contributed by atoms with Gasteiger partial charge >= 0.3 is 0 Å². The zero-order chi connectivity index (χ0) is 20.5. The molecule has 0 saturated heterocycles. The van der Waals surface area contributed by atoms with E-state index < -0.39 is 6.04 Å². The van der Waals surface area contributed by atoms with Crippen molar-refractivity contribution >= 4 is 28.8 Å². The number of nitrogens with one attached hydrogen (secondary N) is 1. The first kappa shape index (κ1) is 18.6. The number of benzene rings is 1. The molecule has 1 aromatic heterocycles. The van der Waals surface area contributed by atoms with Crippen molar-refractivity contribution in [3.8, 4) is 0 Å². The molecule has 7 rings (SSSR count). The molecule has 4 fully saturated rings. The van der Waals surface area contributed by atoms with Crippen LogP contribution in [0, 0.1) is 29.0 Å². The maximum atomic E-state index is 14.3. The number of anilines is 1. The number of carbonyl (C=O) groups excluding carboxylic acids is 2. The largest absolute Gasteiger partial charge is 0.324 e. The average Bonchev–Trinajstić information content (AvgIpc) is 3.17. The molecule has 1 aliphatic heterocycles. The molecule has 1 atom stereocenters. The van der Waals surface area contributed by atoms with Crippen molar-refractivity contribution in [2.45, 2.75) is 44.6 Å². The minimum atomic E-state index is -0.435. The second-order valence-corrected chi connectivity index (χ2v) is 10.8. The topological polar surface area (TPSA) is 49.4 Å². The van der Waals surface area contributed by atoms with Crippen LogP contribution in [-0.2, 0) is 9.59 Å². The summed E-state index contributed by atoms with van der Waals surface area (Å²) in [6.07, 6.45) is 6.62. The Hall–Kier alpha value is -2.21. The number of hydrogen-bond donors (Lipinski definition) is 1. The van der Waals surface area contributed by atoms with E-state index in [0.29, 0.717) is 29.0 Å². The molecule has 4 bridgehead atoms. The predicted molar refractivity (Wildman–Crippen MR) is 114 cm³/mol. The summed E-state index contributed by atoms with van der Waals surface area (Å²) in [5.41, 5.74) is 0.921. The molecule has 4 aliphatic carbocycles. The number of carbonyl (C=O) groups is 2. The third-order valence-corrected chi connectivity index (χ3v) is 8.70. The molecule has 1 unspecified atom stereocenters. The minimum Gasteiger partial charge on any atom is -0.324 e. The zero-order valence-corrected chi connectivity index (χ0v) is 17.6. The molecule has 4 saturated carbocycles. The molecule has 1 aromatic carbocycles. The van der Waals surface area contributed by atoms with Crippen molar-refractivity contribution in [2.75, 3.05) is 11.9 Å². The number of hydrogen-bond acceptors (Lipinski definition) is 3. The van der Waals surface area contributed by atoms with Crippen LogP contribution in [0.1, 0.15) is 55.0 Å². The molecule has 6 heteroatoms. The van der Waals surface area contributed by atoms with E-state index >= 15 is 0 Å². The van der Waals surface area contributed by atoms with Crippen molar-refractivity contribution in [3.63, 3.8) is 0 Å². The molecule has 2 heterocycles. The summed E-state index contributed by atoms with van der Waals surface area (Å²) >= 11 is 1.55. The van der Waals surface area contributed by atoms with Crippen LogP contribution < -0.4 is 5.32 Å². The maximum absolute atomic E-state index is 14.3. The quantitative estimate of drug-likeness (QED) is 0.740. The average molecular weight is 425 g/mol. The van der Waals surface area contributed by atoms with E-state index in [1.54, 1.807) is 22.3 Å². The Morgan fingerprint density at radius 1 is 1.10 bits per heavy atom. The number of nitrogens with zero attached hydrogens (tertiary/aromatic N) is 1. The molecule has 2 amide bonds. The summed E-state index contributed by atoms with van der Waals surface area (Å²) < 4.78 is 14.3. The fourth-order valence-corrected chi connectivity index (χ4v) is 7.95. The molecule has 2 aromatic rings. The summed E-state index contributed by atoms with van der Waals surface area (Å²) in [7, 11) is 0. The van der Waals surface area contributed by atoms with Crippen LogP contribution in [0.3, 0.4) is 0 Å². The Labute approximate surface area is 179 Å². The minimum absolute atomic E-state index is 0.0133. The van der Waals surface area contributed by atoms with Gasteiger partial charge in [0.15, 0.2) is 0 Å². The van der Waals surface area contributed by atoms with Gasteiger partial charge in [-0.25, -0.2) is 4.39 Å². The van der Waals surface area contributed by atoms with Gasteiger partial charge in [-0.1, -0.05) is 6.07 Å². The maximum Gasteiger partial charge on any atom is 0.244 e. The number of fused-ring (bicyclic) bond motifs is 1. The van der Waals surface area contributed by atoms with Gasteiger partial charge in [0, 0.05) is 16.1 Å². The highest BCUT2D eigenvalue weighted by atomic mass is 32.1. The molecule has 4 nitrogen and oxygen atoms in total. The van der Waals surface area contributed by atoms with Crippen molar-refractivity contribution in [1.29, 1.82) is 0 Å². The Morgan fingerprint density at radius 2 is 1.80 bits per heavy atom. The van der Waals surface area contributed by atoms with Crippen molar-refractivity contribution in [3.05, 3.63) is 52.0 Å². The number of thiophene rings is 1. The highest BCUT2D eigenvalue weighted by molar-refractivity contribution is 7.10. The van der Waals surface area contributed by atoms with E-state index in [1.165, 1.54) is 31.4 Å². The Morgan fingerprint density at radius 3 is 2.43 bits per heavy atom. The van der Waals surface area contributed by atoms with E-state index in [-0.39, 0.29) is 29.6 Å². The summed E-state index contributed by atoms with van der Waals surface area (Å²) in [5.74, 6) is 1.48. The third-order valence-electron chi connectivity index (χ3n) is 7.77. The Balaban J connectivity index is 1.46. The van der Waals surface area contributed by atoms with Crippen LogP contribution in [-0.4, -0.2) is 23.3 Å². The number of halogens is 1. The van der Waals surface area contributed by atoms with Gasteiger partial charge in [0.1, 0.15) is 12.4 Å². The van der Waals surface area contributed by atoms with Crippen LogP contribution in [0.25, 0.3) is 0 Å². The lowest BCUT2D eigenvalue weighted by molar-refractivity contribution is -0.160. The summed E-state index contributed by atoms with van der Waals surface area (Å²) in [4.78, 5) is 29.7. The van der Waals surface area contributed by atoms with E-state index in [9.17, 15) is 14.0 Å². The summed E-state index contributed by atoms with van der Waals surface area (Å²) in [5, 5.41) is 4.88. The lowest BCUT2D eigenvalue weighted by Gasteiger charge is -2.57. The van der Waals surface area contributed by atoms with Crippen LogP contribution in [0.2, 0.25) is 0 Å². The smallest absolute Gasteiger partial charge is 0.244 e. The molecule has 1 N–H and O–H groups in total. The molecule has 30 heavy (non-hydrogen) atoms. The summed E-state index contributed by atoms with van der Waals surface area (Å²) in [6.45, 7) is 0.0133. The van der Waals surface area contributed by atoms with Gasteiger partial charge in [0.05, 0.1) is 11.5 Å². The molecule has 156 valence electrons. The first-order chi connectivity index (χ1) is 14.5. The molecular formula is C24H25FN2O2S. The molecule has 5 aliphatic rings. The van der Waals surface area contributed by atoms with Gasteiger partial charge in [-0.2, -0.15) is 0 Å². The van der Waals surface area contributed by atoms with E-state index in [1.807, 2.05) is 17.5 Å². The second-order valence-electron chi connectivity index (χ2n) is 9.83. The normalized spacial score (nSPS) is 34.4. The van der Waals surface area contributed by atoms with Crippen LogP contribution in [0.15, 0.2) is 35.7 Å². The lowest BCUT2D eigenvalue weighted by atomic mass is 9.49. The third kappa shape index (κ3) is 2.83. The van der Waals surface area contributed by atoms with E-state index in [4.69, 9.17) is 0 Å². The second kappa shape index (κ2) is 6.64. The molecule has 0 radical (unpaired) electrons. The lowest BCUT2D eigenvalue weighted by Crippen LogP contribution is -2.55. The van der Waals surface area contributed by atoms with Crippen LogP contribution in [0.4, 0.5) is 10.1 Å². The first-order valence-corrected chi connectivity index (χ1v) is 11.8. The molecular weight excluding hydrogens is 399 g/mol. The van der Waals surface area contributed by atoms with Gasteiger partial charge in [-0.05, 0) is 85.9 Å². The SMILES string of the molecule is O=C1CN(C(=O)C23CC4CC(CC(C4)C2)C3)C(c2cccs2)c2cc(F)ccc2N1. The number of amides is 2. The monoisotopic (exact) mass is 424 g/mol. The van der Waals surface area contributed by atoms with Crippen molar-refractivity contribution in [1.82, 2.24) is 4.90 Å². The van der Waals surface area contributed by atoms with Crippen LogP contribution in [0.5, 0.6) is 0 Å². The zero-order valence-electron chi connectivity index (χ0n) is 16.8. The van der Waals surface area contributed by atoms with E-state index in [2.05, 4.69) is 5.32 Å². The van der Waals surface area contributed by atoms with Crippen LogP contribution >= 0.6 is 11.3 Å². The van der Waals surface area contributed by atoms with Gasteiger partial charge in [0.25, 0.3) is 0 Å². The standard InChI is InChI=1S/C24H25FN2O2S/c25-17-3-4-19-18(9-17)22(20-2-1-5-30-20)27(13-21(28)26-19)23(29)24-10-14-6-15(11-24)8-16(7-14)12-24/h1-5,9,14-16,22H,6-8,10-13H2,(H,26,28). The van der Waals surface area contributed by atoms with Gasteiger partial charge < -0.3 is 10.2 Å². The van der Waals surface area contributed by atoms with Gasteiger partial charge in [-0.15, -0.1) is 11.3 Å².